The zero-order valence-electron chi connectivity index (χ0n) is 16.7. The lowest BCUT2D eigenvalue weighted by Gasteiger charge is -2.17. The normalized spacial score (nSPS) is 13.1. The van der Waals surface area contributed by atoms with Crippen LogP contribution < -0.4 is 21.4 Å². The van der Waals surface area contributed by atoms with E-state index in [-0.39, 0.29) is 12.2 Å². The first-order chi connectivity index (χ1) is 14.4. The van der Waals surface area contributed by atoms with Gasteiger partial charge >= 0.3 is 5.63 Å². The van der Waals surface area contributed by atoms with Crippen molar-refractivity contribution in [2.75, 3.05) is 19.0 Å². The van der Waals surface area contributed by atoms with E-state index in [0.29, 0.717) is 34.4 Å². The molecule has 1 aromatic heterocycles. The molecule has 2 aromatic carbocycles. The van der Waals surface area contributed by atoms with Gasteiger partial charge in [0, 0.05) is 16.6 Å². The topological polar surface area (TPSA) is 135 Å². The summed E-state index contributed by atoms with van der Waals surface area (Å²) in [6.45, 7) is 1.56. The van der Waals surface area contributed by atoms with E-state index in [4.69, 9.17) is 20.0 Å². The highest BCUT2D eigenvalue weighted by Crippen LogP contribution is 2.28. The number of aliphatic hydroxyl groups is 2. The lowest BCUT2D eigenvalue weighted by molar-refractivity contribution is 0.102. The van der Waals surface area contributed by atoms with Crippen LogP contribution in [-0.4, -0.2) is 35.9 Å². The zero-order valence-corrected chi connectivity index (χ0v) is 16.7. The molecule has 1 amide bonds. The van der Waals surface area contributed by atoms with Crippen molar-refractivity contribution < 1.29 is 24.2 Å². The van der Waals surface area contributed by atoms with Gasteiger partial charge in [0.1, 0.15) is 16.9 Å². The molecule has 30 heavy (non-hydrogen) atoms. The molecular formula is C22H24N2O6. The number of methoxy groups -OCH3 is 1. The third kappa shape index (κ3) is 4.20. The van der Waals surface area contributed by atoms with Crippen molar-refractivity contribution in [2.45, 2.75) is 25.5 Å². The quantitative estimate of drug-likeness (QED) is 0.436. The highest BCUT2D eigenvalue weighted by Gasteiger charge is 2.18. The number of nitrogens with one attached hydrogen (secondary N) is 1. The Balaban J connectivity index is 1.87. The second-order valence-electron chi connectivity index (χ2n) is 6.83. The van der Waals surface area contributed by atoms with Gasteiger partial charge < -0.3 is 30.4 Å². The maximum absolute atomic E-state index is 12.6. The first-order valence-electron chi connectivity index (χ1n) is 9.49. The van der Waals surface area contributed by atoms with Gasteiger partial charge in [-0.2, -0.15) is 0 Å². The summed E-state index contributed by atoms with van der Waals surface area (Å²) in [5.74, 6) is 0.00780. The number of aryl methyl sites for hydroxylation is 1. The molecule has 0 aliphatic rings. The number of ether oxygens (including phenoxy) is 1. The van der Waals surface area contributed by atoms with E-state index < -0.39 is 23.7 Å². The fraction of sp³-hybridized carbons (Fsp3) is 0.273. The lowest BCUT2D eigenvalue weighted by Crippen LogP contribution is -2.31. The van der Waals surface area contributed by atoms with Crippen LogP contribution in [0, 0.1) is 0 Å². The minimum Gasteiger partial charge on any atom is -0.496 e. The molecule has 8 heteroatoms. The smallest absolute Gasteiger partial charge is 0.349 e. The Labute approximate surface area is 172 Å². The van der Waals surface area contributed by atoms with Crippen molar-refractivity contribution >= 4 is 22.6 Å². The molecule has 0 saturated heterocycles. The van der Waals surface area contributed by atoms with E-state index in [1.807, 2.05) is 6.92 Å². The number of hydrogen-bond acceptors (Lipinski definition) is 7. The van der Waals surface area contributed by atoms with Gasteiger partial charge in [-0.3, -0.25) is 4.79 Å². The molecule has 1 heterocycles. The Morgan fingerprint density at radius 1 is 1.23 bits per heavy atom. The molecule has 8 nitrogen and oxygen atoms in total. The van der Waals surface area contributed by atoms with Gasteiger partial charge in [-0.15, -0.1) is 0 Å². The van der Waals surface area contributed by atoms with Crippen LogP contribution in [-0.2, 0) is 6.42 Å². The highest BCUT2D eigenvalue weighted by atomic mass is 16.5. The fourth-order valence-electron chi connectivity index (χ4n) is 3.22. The van der Waals surface area contributed by atoms with Crippen molar-refractivity contribution in [1.82, 2.24) is 0 Å². The standard InChI is InChI=1S/C22H24N2O6/c1-3-15-18(29-2)9-6-13-10-16(22(28)30-20(13)15)21(27)24-14-7-4-12(5-8-14)19(26)17(23)11-25/h4-10,17,19,25-26H,3,11,23H2,1-2H3,(H,24,27)/t17-,19-/m0/s1. The third-order valence-corrected chi connectivity index (χ3v) is 4.91. The molecule has 0 aliphatic heterocycles. The van der Waals surface area contributed by atoms with Crippen molar-refractivity contribution in [3.63, 3.8) is 0 Å². The first-order valence-corrected chi connectivity index (χ1v) is 9.49. The molecule has 0 unspecified atom stereocenters. The fourth-order valence-corrected chi connectivity index (χ4v) is 3.22. The molecule has 0 bridgehead atoms. The van der Waals surface area contributed by atoms with Crippen LogP contribution in [0.4, 0.5) is 5.69 Å². The van der Waals surface area contributed by atoms with Gasteiger partial charge in [-0.25, -0.2) is 4.79 Å². The Kier molecular flexibility index (Phi) is 6.51. The van der Waals surface area contributed by atoms with Crippen LogP contribution >= 0.6 is 0 Å². The molecule has 2 atom stereocenters. The van der Waals surface area contributed by atoms with E-state index in [9.17, 15) is 14.7 Å². The van der Waals surface area contributed by atoms with Gasteiger partial charge in [-0.1, -0.05) is 19.1 Å². The second kappa shape index (κ2) is 9.08. The van der Waals surface area contributed by atoms with Crippen LogP contribution in [0.5, 0.6) is 5.75 Å². The second-order valence-corrected chi connectivity index (χ2v) is 6.83. The number of carbonyl (C=O) groups is 1. The number of hydrogen-bond donors (Lipinski definition) is 4. The van der Waals surface area contributed by atoms with E-state index in [1.54, 1.807) is 43.5 Å². The number of nitrogens with two attached hydrogens (primary N) is 1. The number of amides is 1. The van der Waals surface area contributed by atoms with E-state index >= 15 is 0 Å². The monoisotopic (exact) mass is 412 g/mol. The summed E-state index contributed by atoms with van der Waals surface area (Å²) in [4.78, 5) is 25.1. The van der Waals surface area contributed by atoms with Crippen LogP contribution in [0.15, 0.2) is 51.7 Å². The molecule has 3 aromatic rings. The maximum atomic E-state index is 12.6. The van der Waals surface area contributed by atoms with Crippen molar-refractivity contribution in [2.24, 2.45) is 5.73 Å². The first kappa shape index (κ1) is 21.5. The van der Waals surface area contributed by atoms with Crippen molar-refractivity contribution in [3.05, 3.63) is 69.6 Å². The summed E-state index contributed by atoms with van der Waals surface area (Å²) in [5.41, 5.74) is 6.84. The van der Waals surface area contributed by atoms with Crippen LogP contribution in [0.1, 0.15) is 34.5 Å². The van der Waals surface area contributed by atoms with E-state index in [0.717, 1.165) is 5.56 Å². The molecule has 158 valence electrons. The van der Waals surface area contributed by atoms with Gasteiger partial charge in [0.05, 0.1) is 25.9 Å². The minimum atomic E-state index is -1.03. The number of fused-ring (bicyclic) bond motifs is 1. The molecule has 0 radical (unpaired) electrons. The van der Waals surface area contributed by atoms with E-state index in [2.05, 4.69) is 5.32 Å². The van der Waals surface area contributed by atoms with Crippen LogP contribution in [0.25, 0.3) is 11.0 Å². The van der Waals surface area contributed by atoms with Crippen molar-refractivity contribution in [1.29, 1.82) is 0 Å². The summed E-state index contributed by atoms with van der Waals surface area (Å²) < 4.78 is 10.7. The number of rotatable bonds is 7. The largest absolute Gasteiger partial charge is 0.496 e. The number of carbonyl (C=O) groups excluding carboxylic acids is 1. The summed E-state index contributed by atoms with van der Waals surface area (Å²) in [6, 6.07) is 10.5. The Hall–Kier alpha value is -3.20. The Morgan fingerprint density at radius 2 is 1.93 bits per heavy atom. The number of benzene rings is 2. The molecular weight excluding hydrogens is 388 g/mol. The van der Waals surface area contributed by atoms with E-state index in [1.165, 1.54) is 6.07 Å². The summed E-state index contributed by atoms with van der Waals surface area (Å²) in [5, 5.41) is 22.3. The number of aliphatic hydroxyl groups excluding tert-OH is 2. The molecule has 3 rings (SSSR count). The van der Waals surface area contributed by atoms with Gasteiger partial charge in [0.15, 0.2) is 0 Å². The van der Waals surface area contributed by atoms with Crippen molar-refractivity contribution in [3.8, 4) is 5.75 Å². The maximum Gasteiger partial charge on any atom is 0.349 e. The van der Waals surface area contributed by atoms with Gasteiger partial charge in [0.2, 0.25) is 0 Å². The predicted octanol–water partition coefficient (Wildman–Crippen LogP) is 1.97. The highest BCUT2D eigenvalue weighted by molar-refractivity contribution is 6.05. The third-order valence-electron chi connectivity index (χ3n) is 4.91. The van der Waals surface area contributed by atoms with Gasteiger partial charge in [0.25, 0.3) is 5.91 Å². The van der Waals surface area contributed by atoms with Gasteiger partial charge in [-0.05, 0) is 42.3 Å². The lowest BCUT2D eigenvalue weighted by atomic mass is 10.0. The Morgan fingerprint density at radius 3 is 2.53 bits per heavy atom. The predicted molar refractivity (Wildman–Crippen MR) is 113 cm³/mol. The number of anilines is 1. The van der Waals surface area contributed by atoms with Crippen LogP contribution in [0.2, 0.25) is 0 Å². The molecule has 0 saturated carbocycles. The summed E-state index contributed by atoms with van der Waals surface area (Å²) in [6.07, 6.45) is -0.426. The summed E-state index contributed by atoms with van der Waals surface area (Å²) >= 11 is 0. The average Bonchev–Trinajstić information content (AvgIpc) is 2.77. The molecule has 5 N–H and O–H groups in total. The van der Waals surface area contributed by atoms with Crippen LogP contribution in [0.3, 0.4) is 0 Å². The minimum absolute atomic E-state index is 0.124. The molecule has 0 aliphatic carbocycles. The SMILES string of the molecule is CCc1c(OC)ccc2cc(C(=O)Nc3ccc([C@H](O)[C@@H](N)CO)cc3)c(=O)oc12. The molecule has 0 fully saturated rings. The Bertz CT molecular complexity index is 1110. The average molecular weight is 412 g/mol. The zero-order chi connectivity index (χ0) is 21.8. The molecule has 0 spiro atoms. The summed E-state index contributed by atoms with van der Waals surface area (Å²) in [7, 11) is 1.54.